The first kappa shape index (κ1) is 11.0. The van der Waals surface area contributed by atoms with Crippen LogP contribution in [0.4, 0.5) is 5.69 Å². The average Bonchev–Trinajstić information content (AvgIpc) is 2.80. The van der Waals surface area contributed by atoms with E-state index in [0.717, 1.165) is 25.1 Å². The molecular weight excluding hydrogens is 208 g/mol. The molecule has 2 rings (SSSR count). The first-order valence-corrected chi connectivity index (χ1v) is 5.31. The van der Waals surface area contributed by atoms with Crippen LogP contribution >= 0.6 is 0 Å². The van der Waals surface area contributed by atoms with Crippen LogP contribution in [0.15, 0.2) is 24.3 Å². The van der Waals surface area contributed by atoms with Gasteiger partial charge in [-0.3, -0.25) is 10.1 Å². The summed E-state index contributed by atoms with van der Waals surface area (Å²) >= 11 is 0. The van der Waals surface area contributed by atoms with Gasteiger partial charge in [0.05, 0.1) is 17.6 Å². The highest BCUT2D eigenvalue weighted by Crippen LogP contribution is 2.14. The van der Waals surface area contributed by atoms with Gasteiger partial charge in [0.1, 0.15) is 0 Å². The van der Waals surface area contributed by atoms with E-state index in [0.29, 0.717) is 6.61 Å². The predicted molar refractivity (Wildman–Crippen MR) is 59.2 cm³/mol. The number of hydrogen-bond acceptors (Lipinski definition) is 4. The van der Waals surface area contributed by atoms with E-state index in [2.05, 4.69) is 5.32 Å². The molecule has 0 unspecified atom stereocenters. The number of ether oxygens (including phenoxy) is 1. The summed E-state index contributed by atoms with van der Waals surface area (Å²) in [5, 5.41) is 13.7. The molecule has 0 aromatic heterocycles. The lowest BCUT2D eigenvalue weighted by Gasteiger charge is -2.09. The number of nitrogens with one attached hydrogen (secondary N) is 1. The quantitative estimate of drug-likeness (QED) is 0.619. The zero-order chi connectivity index (χ0) is 11.4. The van der Waals surface area contributed by atoms with E-state index >= 15 is 0 Å². The summed E-state index contributed by atoms with van der Waals surface area (Å²) < 4.78 is 5.66. The maximum Gasteiger partial charge on any atom is 0.269 e. The SMILES string of the molecule is O=[N+]([O-])c1ccc(CO[C@H]2CCNC2)cc1. The first-order valence-electron chi connectivity index (χ1n) is 5.31. The number of nitrogens with zero attached hydrogens (tertiary/aromatic N) is 1. The molecule has 1 heterocycles. The van der Waals surface area contributed by atoms with E-state index < -0.39 is 4.92 Å². The molecule has 5 nitrogen and oxygen atoms in total. The molecule has 16 heavy (non-hydrogen) atoms. The van der Waals surface area contributed by atoms with Crippen molar-refractivity contribution in [3.63, 3.8) is 0 Å². The summed E-state index contributed by atoms with van der Waals surface area (Å²) in [6.45, 7) is 2.42. The summed E-state index contributed by atoms with van der Waals surface area (Å²) in [5.74, 6) is 0. The van der Waals surface area contributed by atoms with E-state index in [1.54, 1.807) is 12.1 Å². The van der Waals surface area contributed by atoms with Crippen molar-refractivity contribution in [1.82, 2.24) is 5.32 Å². The lowest BCUT2D eigenvalue weighted by atomic mass is 10.2. The van der Waals surface area contributed by atoms with Crippen molar-refractivity contribution in [3.8, 4) is 0 Å². The Balaban J connectivity index is 1.87. The molecule has 0 radical (unpaired) electrons. The van der Waals surface area contributed by atoms with Crippen LogP contribution in [0.25, 0.3) is 0 Å². The minimum absolute atomic E-state index is 0.117. The van der Waals surface area contributed by atoms with E-state index in [4.69, 9.17) is 4.74 Å². The van der Waals surface area contributed by atoms with Gasteiger partial charge < -0.3 is 10.1 Å². The van der Waals surface area contributed by atoms with Crippen LogP contribution in [0.5, 0.6) is 0 Å². The molecule has 1 aromatic carbocycles. The van der Waals surface area contributed by atoms with Crippen molar-refractivity contribution >= 4 is 5.69 Å². The molecule has 86 valence electrons. The van der Waals surface area contributed by atoms with Gasteiger partial charge in [-0.15, -0.1) is 0 Å². The Bertz CT molecular complexity index is 358. The lowest BCUT2D eigenvalue weighted by molar-refractivity contribution is -0.384. The van der Waals surface area contributed by atoms with Gasteiger partial charge in [-0.05, 0) is 30.7 Å². The van der Waals surface area contributed by atoms with Crippen LogP contribution in [-0.2, 0) is 11.3 Å². The molecule has 0 amide bonds. The Labute approximate surface area is 93.6 Å². The Morgan fingerprint density at radius 2 is 2.19 bits per heavy atom. The Hall–Kier alpha value is -1.46. The molecule has 1 saturated heterocycles. The molecule has 0 aliphatic carbocycles. The third-order valence-corrected chi connectivity index (χ3v) is 2.65. The molecule has 0 bridgehead atoms. The minimum Gasteiger partial charge on any atom is -0.372 e. The molecule has 1 N–H and O–H groups in total. The largest absolute Gasteiger partial charge is 0.372 e. The number of rotatable bonds is 4. The van der Waals surface area contributed by atoms with Crippen LogP contribution < -0.4 is 5.32 Å². The van der Waals surface area contributed by atoms with Gasteiger partial charge in [-0.2, -0.15) is 0 Å². The van der Waals surface area contributed by atoms with Crippen molar-refractivity contribution in [1.29, 1.82) is 0 Å². The van der Waals surface area contributed by atoms with Crippen LogP contribution in [0.1, 0.15) is 12.0 Å². The van der Waals surface area contributed by atoms with E-state index in [9.17, 15) is 10.1 Å². The van der Waals surface area contributed by atoms with Crippen LogP contribution in [0, 0.1) is 10.1 Å². The molecule has 1 aliphatic rings. The Morgan fingerprint density at radius 1 is 1.44 bits per heavy atom. The molecule has 1 fully saturated rings. The van der Waals surface area contributed by atoms with Crippen LogP contribution in [0.2, 0.25) is 0 Å². The monoisotopic (exact) mass is 222 g/mol. The molecular formula is C11H14N2O3. The van der Waals surface area contributed by atoms with Gasteiger partial charge >= 0.3 is 0 Å². The highest BCUT2D eigenvalue weighted by molar-refractivity contribution is 5.32. The highest BCUT2D eigenvalue weighted by atomic mass is 16.6. The number of benzene rings is 1. The second-order valence-electron chi connectivity index (χ2n) is 3.85. The van der Waals surface area contributed by atoms with Crippen molar-refractivity contribution < 1.29 is 9.66 Å². The van der Waals surface area contributed by atoms with Crippen molar-refractivity contribution in [2.24, 2.45) is 0 Å². The van der Waals surface area contributed by atoms with Gasteiger partial charge in [0, 0.05) is 18.7 Å². The fourth-order valence-electron chi connectivity index (χ4n) is 1.70. The van der Waals surface area contributed by atoms with Crippen LogP contribution in [0.3, 0.4) is 0 Å². The fraction of sp³-hybridized carbons (Fsp3) is 0.455. The van der Waals surface area contributed by atoms with E-state index in [1.165, 1.54) is 12.1 Å². The Morgan fingerprint density at radius 3 is 2.75 bits per heavy atom. The number of hydrogen-bond donors (Lipinski definition) is 1. The van der Waals surface area contributed by atoms with Crippen molar-refractivity contribution in [3.05, 3.63) is 39.9 Å². The van der Waals surface area contributed by atoms with Gasteiger partial charge in [0.25, 0.3) is 5.69 Å². The zero-order valence-electron chi connectivity index (χ0n) is 8.89. The normalized spacial score (nSPS) is 19.9. The lowest BCUT2D eigenvalue weighted by Crippen LogP contribution is -2.16. The van der Waals surface area contributed by atoms with Gasteiger partial charge in [-0.25, -0.2) is 0 Å². The predicted octanol–water partition coefficient (Wildman–Crippen LogP) is 1.47. The molecule has 1 aromatic rings. The van der Waals surface area contributed by atoms with Crippen molar-refractivity contribution in [2.45, 2.75) is 19.1 Å². The molecule has 0 saturated carbocycles. The first-order chi connectivity index (χ1) is 7.75. The average molecular weight is 222 g/mol. The summed E-state index contributed by atoms with van der Waals surface area (Å²) in [7, 11) is 0. The number of nitro benzene ring substituents is 1. The highest BCUT2D eigenvalue weighted by Gasteiger charge is 2.14. The molecule has 5 heteroatoms. The number of non-ortho nitro benzene ring substituents is 1. The van der Waals surface area contributed by atoms with E-state index in [-0.39, 0.29) is 11.8 Å². The molecule has 1 aliphatic heterocycles. The molecule has 0 spiro atoms. The summed E-state index contributed by atoms with van der Waals surface area (Å²) in [5.41, 5.74) is 1.09. The Kier molecular flexibility index (Phi) is 3.48. The van der Waals surface area contributed by atoms with Gasteiger partial charge in [0.15, 0.2) is 0 Å². The van der Waals surface area contributed by atoms with Gasteiger partial charge in [-0.1, -0.05) is 0 Å². The smallest absolute Gasteiger partial charge is 0.269 e. The third kappa shape index (κ3) is 2.77. The standard InChI is InChI=1S/C11H14N2O3/c14-13(15)10-3-1-9(2-4-10)8-16-11-5-6-12-7-11/h1-4,11-12H,5-8H2/t11-/m0/s1. The van der Waals surface area contributed by atoms with Gasteiger partial charge in [0.2, 0.25) is 0 Å². The zero-order valence-corrected chi connectivity index (χ0v) is 8.89. The summed E-state index contributed by atoms with van der Waals surface area (Å²) in [4.78, 5) is 10.0. The summed E-state index contributed by atoms with van der Waals surface area (Å²) in [6, 6.07) is 6.48. The van der Waals surface area contributed by atoms with Crippen LogP contribution in [-0.4, -0.2) is 24.1 Å². The third-order valence-electron chi connectivity index (χ3n) is 2.65. The fourth-order valence-corrected chi connectivity index (χ4v) is 1.70. The number of nitro groups is 1. The van der Waals surface area contributed by atoms with E-state index in [1.807, 2.05) is 0 Å². The topological polar surface area (TPSA) is 64.4 Å². The van der Waals surface area contributed by atoms with Crippen molar-refractivity contribution in [2.75, 3.05) is 13.1 Å². The maximum absolute atomic E-state index is 10.4. The molecule has 1 atom stereocenters. The second-order valence-corrected chi connectivity index (χ2v) is 3.85. The minimum atomic E-state index is -0.397. The maximum atomic E-state index is 10.4. The summed E-state index contributed by atoms with van der Waals surface area (Å²) in [6.07, 6.45) is 1.31. The second kappa shape index (κ2) is 5.05.